The molecule has 0 amide bonds. The number of nitrogens with two attached hydrogens (primary N) is 1. The second-order valence-corrected chi connectivity index (χ2v) is 2.79. The summed E-state index contributed by atoms with van der Waals surface area (Å²) in [5.74, 6) is 0. The standard InChI is InChI=1S/C10H10N2O2/c1-14-10(12,7-11)9-4-2-8(6-13)3-5-9/h2-6H,12H2,1H3/t10-/m0/s1. The lowest BCUT2D eigenvalue weighted by molar-refractivity contribution is 0.0420. The SMILES string of the molecule is CO[C@@](N)(C#N)c1ccc(C=O)cc1. The second kappa shape index (κ2) is 4.01. The summed E-state index contributed by atoms with van der Waals surface area (Å²) in [4.78, 5) is 10.4. The highest BCUT2D eigenvalue weighted by atomic mass is 16.5. The van der Waals surface area contributed by atoms with Crippen LogP contribution in [0.4, 0.5) is 0 Å². The molecule has 0 aliphatic rings. The van der Waals surface area contributed by atoms with Crippen LogP contribution < -0.4 is 5.73 Å². The van der Waals surface area contributed by atoms with Crippen LogP contribution in [0.2, 0.25) is 0 Å². The molecule has 0 aliphatic heterocycles. The van der Waals surface area contributed by atoms with Crippen molar-refractivity contribution in [2.75, 3.05) is 7.11 Å². The number of hydrogen-bond donors (Lipinski definition) is 1. The van der Waals surface area contributed by atoms with Crippen molar-refractivity contribution in [1.82, 2.24) is 0 Å². The van der Waals surface area contributed by atoms with Crippen LogP contribution in [0.5, 0.6) is 0 Å². The lowest BCUT2D eigenvalue weighted by atomic mass is 10.0. The molecule has 0 spiro atoms. The molecule has 1 aromatic rings. The summed E-state index contributed by atoms with van der Waals surface area (Å²) in [6.07, 6.45) is 0.723. The Balaban J connectivity index is 3.09. The van der Waals surface area contributed by atoms with Gasteiger partial charge in [-0.2, -0.15) is 5.26 Å². The number of nitrogens with zero attached hydrogens (tertiary/aromatic N) is 1. The monoisotopic (exact) mass is 190 g/mol. The zero-order valence-electron chi connectivity index (χ0n) is 7.73. The topological polar surface area (TPSA) is 76.1 Å². The Bertz CT molecular complexity index is 367. The van der Waals surface area contributed by atoms with E-state index in [-0.39, 0.29) is 0 Å². The molecule has 72 valence electrons. The minimum Gasteiger partial charge on any atom is -0.347 e. The van der Waals surface area contributed by atoms with Gasteiger partial charge < -0.3 is 4.74 Å². The third-order valence-corrected chi connectivity index (χ3v) is 1.96. The largest absolute Gasteiger partial charge is 0.347 e. The Morgan fingerprint density at radius 2 is 2.07 bits per heavy atom. The van der Waals surface area contributed by atoms with Crippen molar-refractivity contribution < 1.29 is 9.53 Å². The predicted octanol–water partition coefficient (Wildman–Crippen LogP) is 0.781. The van der Waals surface area contributed by atoms with Gasteiger partial charge in [-0.25, -0.2) is 0 Å². The van der Waals surface area contributed by atoms with Crippen molar-refractivity contribution in [3.8, 4) is 6.07 Å². The molecule has 0 heterocycles. The van der Waals surface area contributed by atoms with Crippen LogP contribution in [0, 0.1) is 11.3 Å². The summed E-state index contributed by atoms with van der Waals surface area (Å²) in [6, 6.07) is 8.20. The van der Waals surface area contributed by atoms with Crippen molar-refractivity contribution >= 4 is 6.29 Å². The van der Waals surface area contributed by atoms with Crippen LogP contribution in [0.25, 0.3) is 0 Å². The minimum atomic E-state index is -1.44. The van der Waals surface area contributed by atoms with E-state index in [0.29, 0.717) is 11.1 Å². The number of hydrogen-bond acceptors (Lipinski definition) is 4. The maximum Gasteiger partial charge on any atom is 0.232 e. The molecule has 0 aliphatic carbocycles. The zero-order chi connectivity index (χ0) is 10.6. The van der Waals surface area contributed by atoms with Crippen molar-refractivity contribution in [3.63, 3.8) is 0 Å². The molecular formula is C10H10N2O2. The number of rotatable bonds is 3. The Morgan fingerprint density at radius 1 is 1.50 bits per heavy atom. The highest BCUT2D eigenvalue weighted by molar-refractivity contribution is 5.74. The molecule has 1 atom stereocenters. The number of methoxy groups -OCH3 is 1. The summed E-state index contributed by atoms with van der Waals surface area (Å²) >= 11 is 0. The first-order valence-electron chi connectivity index (χ1n) is 3.97. The summed E-state index contributed by atoms with van der Waals surface area (Å²) < 4.78 is 4.87. The number of carbonyl (C=O) groups is 1. The fraction of sp³-hybridized carbons (Fsp3) is 0.200. The highest BCUT2D eigenvalue weighted by Crippen LogP contribution is 2.18. The van der Waals surface area contributed by atoms with E-state index in [0.717, 1.165) is 6.29 Å². The van der Waals surface area contributed by atoms with Gasteiger partial charge in [0.2, 0.25) is 5.72 Å². The lowest BCUT2D eigenvalue weighted by Gasteiger charge is -2.19. The summed E-state index contributed by atoms with van der Waals surface area (Å²) in [5.41, 5.74) is 5.25. The average molecular weight is 190 g/mol. The molecule has 0 unspecified atom stereocenters. The summed E-state index contributed by atoms with van der Waals surface area (Å²) in [6.45, 7) is 0. The zero-order valence-corrected chi connectivity index (χ0v) is 7.73. The Kier molecular flexibility index (Phi) is 2.97. The van der Waals surface area contributed by atoms with E-state index in [1.54, 1.807) is 24.3 Å². The highest BCUT2D eigenvalue weighted by Gasteiger charge is 2.26. The molecule has 0 aromatic heterocycles. The van der Waals surface area contributed by atoms with Crippen LogP contribution >= 0.6 is 0 Å². The van der Waals surface area contributed by atoms with Gasteiger partial charge in [-0.15, -0.1) is 0 Å². The van der Waals surface area contributed by atoms with Crippen molar-refractivity contribution in [1.29, 1.82) is 5.26 Å². The van der Waals surface area contributed by atoms with Crippen LogP contribution in [0.15, 0.2) is 24.3 Å². The van der Waals surface area contributed by atoms with E-state index in [1.165, 1.54) is 7.11 Å². The van der Waals surface area contributed by atoms with Crippen LogP contribution in [-0.4, -0.2) is 13.4 Å². The molecule has 14 heavy (non-hydrogen) atoms. The first-order valence-corrected chi connectivity index (χ1v) is 3.97. The van der Waals surface area contributed by atoms with Crippen LogP contribution in [0.1, 0.15) is 15.9 Å². The van der Waals surface area contributed by atoms with Crippen LogP contribution in [-0.2, 0) is 10.5 Å². The molecular weight excluding hydrogens is 180 g/mol. The maximum atomic E-state index is 10.4. The molecule has 4 heteroatoms. The summed E-state index contributed by atoms with van der Waals surface area (Å²) in [5, 5.41) is 8.80. The lowest BCUT2D eigenvalue weighted by Crippen LogP contribution is -2.36. The van der Waals surface area contributed by atoms with Gasteiger partial charge in [0.15, 0.2) is 0 Å². The third kappa shape index (κ3) is 1.79. The Labute approximate surface area is 81.9 Å². The second-order valence-electron chi connectivity index (χ2n) is 2.79. The Morgan fingerprint density at radius 3 is 2.43 bits per heavy atom. The number of aldehydes is 1. The molecule has 1 aromatic carbocycles. The van der Waals surface area contributed by atoms with Gasteiger partial charge in [0.25, 0.3) is 0 Å². The van der Waals surface area contributed by atoms with Gasteiger partial charge in [0.05, 0.1) is 0 Å². The third-order valence-electron chi connectivity index (χ3n) is 1.96. The number of benzene rings is 1. The molecule has 0 saturated heterocycles. The van der Waals surface area contributed by atoms with E-state index in [1.807, 2.05) is 6.07 Å². The minimum absolute atomic E-state index is 0.521. The van der Waals surface area contributed by atoms with E-state index in [2.05, 4.69) is 0 Å². The smallest absolute Gasteiger partial charge is 0.232 e. The van der Waals surface area contributed by atoms with Gasteiger partial charge in [-0.1, -0.05) is 24.3 Å². The molecule has 0 radical (unpaired) electrons. The molecule has 0 bridgehead atoms. The molecule has 2 N–H and O–H groups in total. The van der Waals surface area contributed by atoms with Gasteiger partial charge in [-0.3, -0.25) is 10.5 Å². The number of carbonyl (C=O) groups excluding carboxylic acids is 1. The van der Waals surface area contributed by atoms with Gasteiger partial charge in [0.1, 0.15) is 12.4 Å². The summed E-state index contributed by atoms with van der Waals surface area (Å²) in [7, 11) is 1.36. The maximum absolute atomic E-state index is 10.4. The van der Waals surface area contributed by atoms with Crippen molar-refractivity contribution in [2.24, 2.45) is 5.73 Å². The number of nitriles is 1. The molecule has 1 rings (SSSR count). The first-order chi connectivity index (χ1) is 6.66. The van der Waals surface area contributed by atoms with Gasteiger partial charge in [0, 0.05) is 18.2 Å². The fourth-order valence-electron chi connectivity index (χ4n) is 1.04. The average Bonchev–Trinajstić information content (AvgIpc) is 2.28. The quantitative estimate of drug-likeness (QED) is 0.564. The van der Waals surface area contributed by atoms with E-state index in [9.17, 15) is 4.79 Å². The number of ether oxygens (including phenoxy) is 1. The molecule has 0 saturated carbocycles. The van der Waals surface area contributed by atoms with Gasteiger partial charge >= 0.3 is 0 Å². The molecule has 4 nitrogen and oxygen atoms in total. The molecule has 0 fully saturated rings. The Hall–Kier alpha value is -1.70. The normalized spacial score (nSPS) is 14.1. The van der Waals surface area contributed by atoms with E-state index < -0.39 is 5.72 Å². The predicted molar refractivity (Wildman–Crippen MR) is 50.3 cm³/mol. The van der Waals surface area contributed by atoms with E-state index >= 15 is 0 Å². The first kappa shape index (κ1) is 10.4. The van der Waals surface area contributed by atoms with Gasteiger partial charge in [-0.05, 0) is 0 Å². The fourth-order valence-corrected chi connectivity index (χ4v) is 1.04. The van der Waals surface area contributed by atoms with E-state index in [4.69, 9.17) is 15.7 Å². The van der Waals surface area contributed by atoms with Crippen LogP contribution in [0.3, 0.4) is 0 Å². The van der Waals surface area contributed by atoms with Crippen molar-refractivity contribution in [3.05, 3.63) is 35.4 Å². The van der Waals surface area contributed by atoms with Crippen molar-refractivity contribution in [2.45, 2.75) is 5.72 Å².